The molecule has 0 radical (unpaired) electrons. The maximum Gasteiger partial charge on any atom is 0.420 e. The molecule has 0 spiro atoms. The molecule has 3 heterocycles. The van der Waals surface area contributed by atoms with Crippen LogP contribution in [0.4, 0.5) is 0 Å². The maximum absolute atomic E-state index is 12.2. The van der Waals surface area contributed by atoms with Crippen molar-refractivity contribution in [3.05, 3.63) is 57.9 Å². The van der Waals surface area contributed by atoms with Gasteiger partial charge in [-0.2, -0.15) is 0 Å². The summed E-state index contributed by atoms with van der Waals surface area (Å²) in [5.74, 6) is 0.674. The van der Waals surface area contributed by atoms with E-state index in [9.17, 15) is 4.79 Å². The van der Waals surface area contributed by atoms with Crippen LogP contribution in [0.5, 0.6) is 0 Å². The van der Waals surface area contributed by atoms with Crippen LogP contribution in [-0.4, -0.2) is 22.6 Å². The molecule has 0 amide bonds. The SMILES string of the molecule is O=c1oc2ccc(Cl)cc2n1C1CCN(Cc2ccco2)CC1. The van der Waals surface area contributed by atoms with E-state index in [4.69, 9.17) is 20.4 Å². The van der Waals surface area contributed by atoms with Crippen LogP contribution in [0.15, 0.2) is 50.2 Å². The molecule has 0 N–H and O–H groups in total. The Balaban J connectivity index is 1.53. The molecule has 0 saturated carbocycles. The zero-order valence-electron chi connectivity index (χ0n) is 12.6. The van der Waals surface area contributed by atoms with Gasteiger partial charge in [0.05, 0.1) is 18.3 Å². The Kier molecular flexibility index (Phi) is 3.75. The van der Waals surface area contributed by atoms with Gasteiger partial charge in [0.15, 0.2) is 5.58 Å². The van der Waals surface area contributed by atoms with Crippen LogP contribution in [0.25, 0.3) is 11.1 Å². The molecule has 0 atom stereocenters. The number of piperidine rings is 1. The summed E-state index contributed by atoms with van der Waals surface area (Å²) >= 11 is 6.07. The predicted octanol–water partition coefficient (Wildman–Crippen LogP) is 3.68. The average molecular weight is 333 g/mol. The fourth-order valence-corrected chi connectivity index (χ4v) is 3.48. The number of halogens is 1. The number of benzene rings is 1. The zero-order chi connectivity index (χ0) is 15.8. The summed E-state index contributed by atoms with van der Waals surface area (Å²) in [5, 5.41) is 0.613. The van der Waals surface area contributed by atoms with Crippen molar-refractivity contribution in [2.75, 3.05) is 13.1 Å². The molecule has 5 nitrogen and oxygen atoms in total. The summed E-state index contributed by atoms with van der Waals surface area (Å²) in [6.45, 7) is 2.66. The number of hydrogen-bond acceptors (Lipinski definition) is 4. The minimum Gasteiger partial charge on any atom is -0.468 e. The van der Waals surface area contributed by atoms with E-state index in [0.717, 1.165) is 43.8 Å². The second-order valence-electron chi connectivity index (χ2n) is 5.94. The van der Waals surface area contributed by atoms with Crippen molar-refractivity contribution in [1.82, 2.24) is 9.47 Å². The Labute approximate surface area is 138 Å². The summed E-state index contributed by atoms with van der Waals surface area (Å²) < 4.78 is 12.5. The lowest BCUT2D eigenvalue weighted by atomic mass is 10.0. The van der Waals surface area contributed by atoms with Crippen molar-refractivity contribution in [3.63, 3.8) is 0 Å². The van der Waals surface area contributed by atoms with Crippen molar-refractivity contribution in [2.24, 2.45) is 0 Å². The van der Waals surface area contributed by atoms with Gasteiger partial charge < -0.3 is 8.83 Å². The van der Waals surface area contributed by atoms with Crippen molar-refractivity contribution in [1.29, 1.82) is 0 Å². The highest BCUT2D eigenvalue weighted by molar-refractivity contribution is 6.31. The molecule has 1 aliphatic heterocycles. The molecule has 6 heteroatoms. The molecule has 120 valence electrons. The Hall–Kier alpha value is -1.98. The van der Waals surface area contributed by atoms with Crippen LogP contribution < -0.4 is 5.76 Å². The fourth-order valence-electron chi connectivity index (χ4n) is 3.31. The molecule has 23 heavy (non-hydrogen) atoms. The first-order chi connectivity index (χ1) is 11.2. The molecule has 2 aromatic heterocycles. The van der Waals surface area contributed by atoms with Gasteiger partial charge in [0.1, 0.15) is 5.76 Å². The van der Waals surface area contributed by atoms with Crippen LogP contribution in [-0.2, 0) is 6.54 Å². The van der Waals surface area contributed by atoms with E-state index in [2.05, 4.69) is 4.90 Å². The van der Waals surface area contributed by atoms with E-state index in [1.54, 1.807) is 29.0 Å². The quantitative estimate of drug-likeness (QED) is 0.734. The number of likely N-dealkylation sites (tertiary alicyclic amines) is 1. The van der Waals surface area contributed by atoms with Gasteiger partial charge in [-0.3, -0.25) is 9.47 Å². The zero-order valence-corrected chi connectivity index (χ0v) is 13.3. The average Bonchev–Trinajstić information content (AvgIpc) is 3.15. The summed E-state index contributed by atoms with van der Waals surface area (Å²) in [6.07, 6.45) is 3.51. The number of rotatable bonds is 3. The summed E-state index contributed by atoms with van der Waals surface area (Å²) in [7, 11) is 0. The smallest absolute Gasteiger partial charge is 0.420 e. The number of hydrogen-bond donors (Lipinski definition) is 0. The lowest BCUT2D eigenvalue weighted by Crippen LogP contribution is -2.36. The summed E-state index contributed by atoms with van der Waals surface area (Å²) in [4.78, 5) is 14.6. The second-order valence-corrected chi connectivity index (χ2v) is 6.37. The van der Waals surface area contributed by atoms with E-state index < -0.39 is 0 Å². The largest absolute Gasteiger partial charge is 0.468 e. The van der Waals surface area contributed by atoms with Crippen LogP contribution in [0.2, 0.25) is 5.02 Å². The number of fused-ring (bicyclic) bond motifs is 1. The summed E-state index contributed by atoms with van der Waals surface area (Å²) in [5.41, 5.74) is 1.38. The monoisotopic (exact) mass is 332 g/mol. The first-order valence-electron chi connectivity index (χ1n) is 7.76. The van der Waals surface area contributed by atoms with Crippen molar-refractivity contribution in [2.45, 2.75) is 25.4 Å². The maximum atomic E-state index is 12.2. The van der Waals surface area contributed by atoms with Gasteiger partial charge in [0.2, 0.25) is 0 Å². The first kappa shape index (κ1) is 14.6. The molecular weight excluding hydrogens is 316 g/mol. The third-order valence-corrected chi connectivity index (χ3v) is 4.69. The highest BCUT2D eigenvalue weighted by Gasteiger charge is 2.25. The lowest BCUT2D eigenvalue weighted by Gasteiger charge is -2.31. The molecule has 1 aliphatic rings. The highest BCUT2D eigenvalue weighted by atomic mass is 35.5. The molecule has 0 bridgehead atoms. The third-order valence-electron chi connectivity index (χ3n) is 4.46. The highest BCUT2D eigenvalue weighted by Crippen LogP contribution is 2.27. The van der Waals surface area contributed by atoms with Crippen molar-refractivity contribution in [3.8, 4) is 0 Å². The van der Waals surface area contributed by atoms with Gasteiger partial charge >= 0.3 is 5.76 Å². The van der Waals surface area contributed by atoms with Crippen LogP contribution in [0.3, 0.4) is 0 Å². The number of furan rings is 1. The first-order valence-corrected chi connectivity index (χ1v) is 8.14. The van der Waals surface area contributed by atoms with Gasteiger partial charge in [-0.25, -0.2) is 4.79 Å². The molecule has 1 fully saturated rings. The van der Waals surface area contributed by atoms with Crippen molar-refractivity contribution < 1.29 is 8.83 Å². The fraction of sp³-hybridized carbons (Fsp3) is 0.353. The minimum absolute atomic E-state index is 0.148. The van der Waals surface area contributed by atoms with E-state index in [1.807, 2.05) is 12.1 Å². The molecular formula is C17H17ClN2O3. The molecule has 3 aromatic rings. The van der Waals surface area contributed by atoms with E-state index >= 15 is 0 Å². The van der Waals surface area contributed by atoms with Crippen LogP contribution >= 0.6 is 11.6 Å². The predicted molar refractivity (Wildman–Crippen MR) is 87.7 cm³/mol. The van der Waals surface area contributed by atoms with Gasteiger partial charge in [0.25, 0.3) is 0 Å². The van der Waals surface area contributed by atoms with Gasteiger partial charge in [-0.1, -0.05) is 11.6 Å². The molecule has 0 aliphatic carbocycles. The van der Waals surface area contributed by atoms with Crippen molar-refractivity contribution >= 4 is 22.7 Å². The Bertz CT molecular complexity index is 858. The summed E-state index contributed by atoms with van der Waals surface area (Å²) in [6, 6.07) is 9.34. The molecule has 4 rings (SSSR count). The number of nitrogens with zero attached hydrogens (tertiary/aromatic N) is 2. The Morgan fingerprint density at radius 3 is 2.78 bits per heavy atom. The lowest BCUT2D eigenvalue weighted by molar-refractivity contribution is 0.167. The third kappa shape index (κ3) is 2.82. The van der Waals surface area contributed by atoms with E-state index in [-0.39, 0.29) is 11.8 Å². The number of oxazole rings is 1. The normalized spacial score (nSPS) is 17.1. The minimum atomic E-state index is -0.299. The molecule has 1 saturated heterocycles. The van der Waals surface area contributed by atoms with Gasteiger partial charge in [-0.05, 0) is 43.2 Å². The molecule has 1 aromatic carbocycles. The van der Waals surface area contributed by atoms with E-state index in [1.165, 1.54) is 0 Å². The topological polar surface area (TPSA) is 51.5 Å². The standard InChI is InChI=1S/C17H17ClN2O3/c18-12-3-4-16-15(10-12)20(17(21)23-16)13-5-7-19(8-6-13)11-14-2-1-9-22-14/h1-4,9-10,13H,5-8,11H2. The van der Waals surface area contributed by atoms with Crippen LogP contribution in [0, 0.1) is 0 Å². The van der Waals surface area contributed by atoms with Gasteiger partial charge in [0, 0.05) is 24.2 Å². The molecule has 0 unspecified atom stereocenters. The van der Waals surface area contributed by atoms with E-state index in [0.29, 0.717) is 10.6 Å². The van der Waals surface area contributed by atoms with Gasteiger partial charge in [-0.15, -0.1) is 0 Å². The number of aromatic nitrogens is 1. The Morgan fingerprint density at radius 2 is 2.04 bits per heavy atom. The van der Waals surface area contributed by atoms with Crippen LogP contribution in [0.1, 0.15) is 24.6 Å². The second kappa shape index (κ2) is 5.91. The Morgan fingerprint density at radius 1 is 1.22 bits per heavy atom.